The van der Waals surface area contributed by atoms with Gasteiger partial charge >= 0.3 is 0 Å². The molecule has 0 unspecified atom stereocenters. The molecule has 1 amide bonds. The normalized spacial score (nSPS) is 13.6. The van der Waals surface area contributed by atoms with E-state index >= 15 is 0 Å². The molecule has 1 saturated heterocycles. The van der Waals surface area contributed by atoms with Gasteiger partial charge in [0.05, 0.1) is 11.4 Å². The van der Waals surface area contributed by atoms with Crippen molar-refractivity contribution in [2.45, 2.75) is 32.6 Å². The molecular weight excluding hydrogens is 407 g/mol. The molecule has 1 fully saturated rings. The number of amides is 1. The van der Waals surface area contributed by atoms with Crippen molar-refractivity contribution in [3.05, 3.63) is 71.2 Å². The summed E-state index contributed by atoms with van der Waals surface area (Å²) in [7, 11) is 0. The number of carbonyl (C=O) groups excluding carboxylic acids is 1. The number of likely N-dealkylation sites (tertiary alicyclic amines) is 1. The first-order valence-electron chi connectivity index (χ1n) is 10.2. The Labute approximate surface area is 178 Å². The fourth-order valence-corrected chi connectivity index (χ4v) is 3.71. The highest BCUT2D eigenvalue weighted by molar-refractivity contribution is 5.76. The third-order valence-corrected chi connectivity index (χ3v) is 5.36. The van der Waals surface area contributed by atoms with Crippen molar-refractivity contribution in [3.63, 3.8) is 0 Å². The van der Waals surface area contributed by atoms with E-state index in [4.69, 9.17) is 4.74 Å². The molecule has 31 heavy (non-hydrogen) atoms. The van der Waals surface area contributed by atoms with Crippen LogP contribution in [-0.4, -0.2) is 33.7 Å². The molecule has 8 heteroatoms. The summed E-state index contributed by atoms with van der Waals surface area (Å²) in [4.78, 5) is 14.4. The van der Waals surface area contributed by atoms with Crippen LogP contribution in [0, 0.1) is 24.4 Å². The highest BCUT2D eigenvalue weighted by Crippen LogP contribution is 2.33. The summed E-state index contributed by atoms with van der Waals surface area (Å²) >= 11 is 0. The maximum atomic E-state index is 14.3. The zero-order chi connectivity index (χ0) is 22.0. The lowest BCUT2D eigenvalue weighted by atomic mass is 10.1. The van der Waals surface area contributed by atoms with E-state index in [9.17, 15) is 18.0 Å². The fourth-order valence-electron chi connectivity index (χ4n) is 3.71. The minimum atomic E-state index is -0.858. The van der Waals surface area contributed by atoms with Crippen molar-refractivity contribution in [2.75, 3.05) is 13.1 Å². The molecule has 3 aromatic rings. The predicted molar refractivity (Wildman–Crippen MR) is 109 cm³/mol. The van der Waals surface area contributed by atoms with E-state index in [1.54, 1.807) is 6.92 Å². The van der Waals surface area contributed by atoms with Crippen molar-refractivity contribution < 1.29 is 22.7 Å². The number of ether oxygens (including phenoxy) is 1. The minimum absolute atomic E-state index is 0.0466. The number of carbonyl (C=O) groups is 1. The number of aryl methyl sites for hydroxylation is 1. The van der Waals surface area contributed by atoms with Crippen LogP contribution in [0.5, 0.6) is 11.6 Å². The van der Waals surface area contributed by atoms with Crippen LogP contribution in [0.25, 0.3) is 5.69 Å². The molecule has 0 aliphatic carbocycles. The number of hydrogen-bond acceptors (Lipinski definition) is 3. The number of benzene rings is 2. The number of aromatic nitrogens is 2. The third kappa shape index (κ3) is 4.57. The molecule has 2 aromatic carbocycles. The summed E-state index contributed by atoms with van der Waals surface area (Å²) in [6, 6.07) is 8.64. The lowest BCUT2D eigenvalue weighted by Crippen LogP contribution is -2.27. The summed E-state index contributed by atoms with van der Waals surface area (Å²) in [5.41, 5.74) is 1.76. The Morgan fingerprint density at radius 1 is 1.03 bits per heavy atom. The number of hydrogen-bond donors (Lipinski definition) is 0. The Morgan fingerprint density at radius 3 is 2.39 bits per heavy atom. The molecule has 5 nitrogen and oxygen atoms in total. The van der Waals surface area contributed by atoms with Gasteiger partial charge in [0.25, 0.3) is 0 Å². The SMILES string of the molecule is Cc1nn(-c2ccc(F)cc2)c(Oc2ccc(F)cc2F)c1CCC(=O)N1CCCC1. The Balaban J connectivity index is 1.68. The first-order valence-corrected chi connectivity index (χ1v) is 10.2. The second-order valence-electron chi connectivity index (χ2n) is 7.52. The molecule has 1 aliphatic heterocycles. The van der Waals surface area contributed by atoms with Gasteiger partial charge < -0.3 is 9.64 Å². The maximum Gasteiger partial charge on any atom is 0.226 e. The standard InChI is InChI=1S/C23H22F3N3O2/c1-15-19(9-11-22(30)28-12-2-3-13-28)23(31-21-10-6-17(25)14-20(21)26)29(27-15)18-7-4-16(24)5-8-18/h4-8,10,14H,2-3,9,11-13H2,1H3. The quantitative estimate of drug-likeness (QED) is 0.557. The number of halogens is 3. The molecule has 1 aliphatic rings. The minimum Gasteiger partial charge on any atom is -0.436 e. The topological polar surface area (TPSA) is 47.4 Å². The smallest absolute Gasteiger partial charge is 0.226 e. The zero-order valence-electron chi connectivity index (χ0n) is 17.1. The average molecular weight is 429 g/mol. The van der Waals surface area contributed by atoms with Crippen molar-refractivity contribution >= 4 is 5.91 Å². The lowest BCUT2D eigenvalue weighted by Gasteiger charge is -2.15. The molecule has 162 valence electrons. The largest absolute Gasteiger partial charge is 0.436 e. The van der Waals surface area contributed by atoms with Gasteiger partial charge in [-0.15, -0.1) is 0 Å². The average Bonchev–Trinajstić information content (AvgIpc) is 3.38. The lowest BCUT2D eigenvalue weighted by molar-refractivity contribution is -0.130. The van der Waals surface area contributed by atoms with Gasteiger partial charge in [-0.05, 0) is 62.6 Å². The molecule has 2 heterocycles. The molecular formula is C23H22F3N3O2. The predicted octanol–water partition coefficient (Wildman–Crippen LogP) is 4.95. The van der Waals surface area contributed by atoms with Gasteiger partial charge in [-0.1, -0.05) is 0 Å². The van der Waals surface area contributed by atoms with Crippen molar-refractivity contribution in [1.29, 1.82) is 0 Å². The van der Waals surface area contributed by atoms with Crippen LogP contribution in [0.1, 0.15) is 30.5 Å². The van der Waals surface area contributed by atoms with Crippen molar-refractivity contribution in [2.24, 2.45) is 0 Å². The zero-order valence-corrected chi connectivity index (χ0v) is 17.1. The Hall–Kier alpha value is -3.29. The Morgan fingerprint density at radius 2 is 1.71 bits per heavy atom. The van der Waals surface area contributed by atoms with Crippen molar-refractivity contribution in [1.82, 2.24) is 14.7 Å². The second kappa shape index (κ2) is 8.83. The van der Waals surface area contributed by atoms with Gasteiger partial charge in [0.2, 0.25) is 11.8 Å². The molecule has 0 bridgehead atoms. The van der Waals surface area contributed by atoms with Gasteiger partial charge in [0.1, 0.15) is 11.6 Å². The monoisotopic (exact) mass is 429 g/mol. The second-order valence-corrected chi connectivity index (χ2v) is 7.52. The molecule has 0 radical (unpaired) electrons. The summed E-state index contributed by atoms with van der Waals surface area (Å²) in [6.45, 7) is 3.29. The van der Waals surface area contributed by atoms with E-state index < -0.39 is 17.5 Å². The molecule has 0 saturated carbocycles. The Kier molecular flexibility index (Phi) is 5.97. The van der Waals surface area contributed by atoms with E-state index in [1.807, 2.05) is 4.90 Å². The van der Waals surface area contributed by atoms with Gasteiger partial charge in [0, 0.05) is 31.1 Å². The van der Waals surface area contributed by atoms with Gasteiger partial charge in [-0.2, -0.15) is 5.10 Å². The highest BCUT2D eigenvalue weighted by Gasteiger charge is 2.23. The first-order chi connectivity index (χ1) is 14.9. The summed E-state index contributed by atoms with van der Waals surface area (Å²) in [5, 5.41) is 4.48. The van der Waals surface area contributed by atoms with Gasteiger partial charge in [0.15, 0.2) is 11.6 Å². The van der Waals surface area contributed by atoms with Crippen LogP contribution in [0.15, 0.2) is 42.5 Å². The molecule has 1 aromatic heterocycles. The van der Waals surface area contributed by atoms with Gasteiger partial charge in [-0.25, -0.2) is 17.9 Å². The van der Waals surface area contributed by atoms with E-state index in [0.717, 1.165) is 38.1 Å². The van der Waals surface area contributed by atoms with Crippen LogP contribution in [0.3, 0.4) is 0 Å². The highest BCUT2D eigenvalue weighted by atomic mass is 19.1. The number of rotatable bonds is 6. The van der Waals surface area contributed by atoms with Crippen LogP contribution in [0.2, 0.25) is 0 Å². The van der Waals surface area contributed by atoms with Crippen molar-refractivity contribution in [3.8, 4) is 17.3 Å². The van der Waals surface area contributed by atoms with Crippen LogP contribution < -0.4 is 4.74 Å². The summed E-state index contributed by atoms with van der Waals surface area (Å²) < 4.78 is 48.3. The molecule has 0 spiro atoms. The first kappa shape index (κ1) is 21.0. The van der Waals surface area contributed by atoms with Gasteiger partial charge in [-0.3, -0.25) is 4.79 Å². The maximum absolute atomic E-state index is 14.3. The molecule has 0 atom stereocenters. The third-order valence-electron chi connectivity index (χ3n) is 5.36. The Bertz CT molecular complexity index is 1090. The van der Waals surface area contributed by atoms with E-state index in [2.05, 4.69) is 5.10 Å². The van der Waals surface area contributed by atoms with E-state index in [-0.39, 0.29) is 24.0 Å². The summed E-state index contributed by atoms with van der Waals surface area (Å²) in [6.07, 6.45) is 2.62. The fraction of sp³-hybridized carbons (Fsp3) is 0.304. The van der Waals surface area contributed by atoms with E-state index in [1.165, 1.54) is 35.0 Å². The van der Waals surface area contributed by atoms with E-state index in [0.29, 0.717) is 23.4 Å². The van der Waals surface area contributed by atoms with Crippen LogP contribution in [0.4, 0.5) is 13.2 Å². The summed E-state index contributed by atoms with van der Waals surface area (Å²) in [5.74, 6) is -1.89. The van der Waals surface area contributed by atoms with Crippen LogP contribution in [-0.2, 0) is 11.2 Å². The van der Waals surface area contributed by atoms with Crippen LogP contribution >= 0.6 is 0 Å². The molecule has 0 N–H and O–H groups in total. The molecule has 4 rings (SSSR count). The number of nitrogens with zero attached hydrogens (tertiary/aromatic N) is 3.